The van der Waals surface area contributed by atoms with Crippen molar-refractivity contribution in [3.63, 3.8) is 0 Å². The molecule has 1 atom stereocenters. The lowest BCUT2D eigenvalue weighted by molar-refractivity contribution is -0.148. The first-order chi connectivity index (χ1) is 9.29. The van der Waals surface area contributed by atoms with Gasteiger partial charge in [0.1, 0.15) is 6.04 Å². The smallest absolute Gasteiger partial charge is 0.316 e. The third-order valence-corrected chi connectivity index (χ3v) is 3.29. The van der Waals surface area contributed by atoms with Crippen LogP contribution in [0.4, 0.5) is 13.2 Å². The van der Waals surface area contributed by atoms with Gasteiger partial charge in [-0.2, -0.15) is 13.2 Å². The number of benzene rings is 2. The number of alkyl halides is 3. The van der Waals surface area contributed by atoms with Gasteiger partial charge >= 0.3 is 6.18 Å². The van der Waals surface area contributed by atoms with Gasteiger partial charge < -0.3 is 5.73 Å². The van der Waals surface area contributed by atoms with E-state index >= 15 is 0 Å². The summed E-state index contributed by atoms with van der Waals surface area (Å²) in [4.78, 5) is 0. The van der Waals surface area contributed by atoms with E-state index < -0.39 is 12.2 Å². The molecular formula is C16H18F3N. The summed E-state index contributed by atoms with van der Waals surface area (Å²) in [5.74, 6) is 0.381. The molecule has 0 fully saturated rings. The van der Waals surface area contributed by atoms with Gasteiger partial charge in [0.15, 0.2) is 0 Å². The maximum absolute atomic E-state index is 12.9. The Balaban J connectivity index is 2.61. The molecule has 0 aliphatic carbocycles. The second-order valence-electron chi connectivity index (χ2n) is 5.52. The van der Waals surface area contributed by atoms with Crippen molar-refractivity contribution in [2.24, 2.45) is 11.7 Å². The number of hydrogen-bond acceptors (Lipinski definition) is 1. The molecule has 2 aromatic carbocycles. The Labute approximate surface area is 116 Å². The highest BCUT2D eigenvalue weighted by molar-refractivity contribution is 5.87. The van der Waals surface area contributed by atoms with Crippen LogP contribution in [0.1, 0.15) is 31.0 Å². The van der Waals surface area contributed by atoms with E-state index in [1.807, 2.05) is 32.0 Å². The summed E-state index contributed by atoms with van der Waals surface area (Å²) < 4.78 is 38.8. The summed E-state index contributed by atoms with van der Waals surface area (Å²) in [6.45, 7) is 4.08. The van der Waals surface area contributed by atoms with Crippen LogP contribution in [0.3, 0.4) is 0 Å². The van der Waals surface area contributed by atoms with Crippen molar-refractivity contribution in [2.45, 2.75) is 32.5 Å². The Hall–Kier alpha value is -1.55. The molecular weight excluding hydrogens is 263 g/mol. The van der Waals surface area contributed by atoms with E-state index in [9.17, 15) is 13.2 Å². The molecule has 0 saturated carbocycles. The monoisotopic (exact) mass is 281 g/mol. The fourth-order valence-corrected chi connectivity index (χ4v) is 2.43. The van der Waals surface area contributed by atoms with Gasteiger partial charge in [0.2, 0.25) is 0 Å². The van der Waals surface area contributed by atoms with Gasteiger partial charge in [-0.1, -0.05) is 50.2 Å². The van der Waals surface area contributed by atoms with Gasteiger partial charge in [-0.3, -0.25) is 0 Å². The van der Waals surface area contributed by atoms with Gasteiger partial charge in [-0.25, -0.2) is 0 Å². The van der Waals surface area contributed by atoms with Crippen molar-refractivity contribution in [2.75, 3.05) is 0 Å². The minimum atomic E-state index is -4.43. The molecule has 0 aliphatic rings. The van der Waals surface area contributed by atoms with E-state index in [1.54, 1.807) is 18.2 Å². The summed E-state index contributed by atoms with van der Waals surface area (Å²) >= 11 is 0. The molecule has 0 amide bonds. The minimum absolute atomic E-state index is 0.159. The maximum atomic E-state index is 12.9. The zero-order valence-electron chi connectivity index (χ0n) is 11.5. The second kappa shape index (κ2) is 5.44. The molecule has 0 radical (unpaired) electrons. The molecule has 0 saturated heterocycles. The average molecular weight is 281 g/mol. The second-order valence-corrected chi connectivity index (χ2v) is 5.52. The molecule has 2 N–H and O–H groups in total. The predicted molar refractivity (Wildman–Crippen MR) is 75.5 cm³/mol. The Morgan fingerprint density at radius 2 is 1.75 bits per heavy atom. The van der Waals surface area contributed by atoms with Gasteiger partial charge in [-0.05, 0) is 34.2 Å². The molecule has 0 unspecified atom stereocenters. The van der Waals surface area contributed by atoms with Gasteiger partial charge in [0.25, 0.3) is 0 Å². The molecule has 2 aromatic rings. The Morgan fingerprint density at radius 1 is 1.10 bits per heavy atom. The van der Waals surface area contributed by atoms with Crippen molar-refractivity contribution in [3.8, 4) is 0 Å². The van der Waals surface area contributed by atoms with Gasteiger partial charge in [0.05, 0.1) is 0 Å². The molecule has 4 heteroatoms. The highest BCUT2D eigenvalue weighted by atomic mass is 19.4. The van der Waals surface area contributed by atoms with E-state index in [0.717, 1.165) is 17.4 Å². The fraction of sp³-hybridized carbons (Fsp3) is 0.375. The highest BCUT2D eigenvalue weighted by Crippen LogP contribution is 2.35. The normalized spacial score (nSPS) is 13.9. The molecule has 0 aliphatic heterocycles. The first-order valence-corrected chi connectivity index (χ1v) is 6.63. The van der Waals surface area contributed by atoms with Crippen LogP contribution in [0.2, 0.25) is 0 Å². The SMILES string of the molecule is CC(C)Cc1cc([C@H](N)C(F)(F)F)c2ccccc2c1. The Kier molecular flexibility index (Phi) is 4.04. The summed E-state index contributed by atoms with van der Waals surface area (Å²) in [6, 6.07) is 8.67. The average Bonchev–Trinajstić information content (AvgIpc) is 2.35. The molecule has 2 rings (SSSR count). The summed E-state index contributed by atoms with van der Waals surface area (Å²) in [6.07, 6.45) is -3.69. The molecule has 0 aromatic heterocycles. The third kappa shape index (κ3) is 3.12. The molecule has 0 heterocycles. The van der Waals surface area contributed by atoms with Crippen molar-refractivity contribution < 1.29 is 13.2 Å². The lowest BCUT2D eigenvalue weighted by Gasteiger charge is -2.19. The molecule has 1 nitrogen and oxygen atoms in total. The number of fused-ring (bicyclic) bond motifs is 1. The van der Waals surface area contributed by atoms with Crippen molar-refractivity contribution in [1.82, 2.24) is 0 Å². The maximum Gasteiger partial charge on any atom is 0.407 e. The fourth-order valence-electron chi connectivity index (χ4n) is 2.43. The zero-order chi connectivity index (χ0) is 14.9. The van der Waals surface area contributed by atoms with Crippen LogP contribution in [0.5, 0.6) is 0 Å². The topological polar surface area (TPSA) is 26.0 Å². The lowest BCUT2D eigenvalue weighted by Crippen LogP contribution is -2.28. The van der Waals surface area contributed by atoms with Crippen molar-refractivity contribution in [3.05, 3.63) is 47.5 Å². The molecule has 108 valence electrons. The van der Waals surface area contributed by atoms with Crippen LogP contribution in [0, 0.1) is 5.92 Å². The number of halogens is 3. The van der Waals surface area contributed by atoms with Crippen LogP contribution in [-0.2, 0) is 6.42 Å². The van der Waals surface area contributed by atoms with E-state index in [0.29, 0.717) is 11.3 Å². The third-order valence-electron chi connectivity index (χ3n) is 3.29. The summed E-state index contributed by atoms with van der Waals surface area (Å²) in [5, 5.41) is 1.38. The van der Waals surface area contributed by atoms with Crippen LogP contribution in [0.15, 0.2) is 36.4 Å². The van der Waals surface area contributed by atoms with E-state index in [4.69, 9.17) is 5.73 Å². The van der Waals surface area contributed by atoms with Gasteiger partial charge in [-0.15, -0.1) is 0 Å². The number of rotatable bonds is 3. The zero-order valence-corrected chi connectivity index (χ0v) is 11.5. The molecule has 20 heavy (non-hydrogen) atoms. The summed E-state index contributed by atoms with van der Waals surface area (Å²) in [7, 11) is 0. The predicted octanol–water partition coefficient (Wildman–Crippen LogP) is 4.60. The van der Waals surface area contributed by atoms with Gasteiger partial charge in [0, 0.05) is 0 Å². The Bertz CT molecular complexity index is 602. The molecule has 0 spiro atoms. The van der Waals surface area contributed by atoms with Crippen LogP contribution >= 0.6 is 0 Å². The standard InChI is InChI=1S/C16H18F3N/c1-10(2)7-11-8-12-5-3-4-6-13(12)14(9-11)15(20)16(17,18)19/h3-6,8-10,15H,7,20H2,1-2H3/t15-/m0/s1. The summed E-state index contributed by atoms with van der Waals surface area (Å²) in [5.41, 5.74) is 6.47. The minimum Gasteiger partial charge on any atom is -0.316 e. The van der Waals surface area contributed by atoms with Crippen LogP contribution in [-0.4, -0.2) is 6.18 Å². The first kappa shape index (κ1) is 14.9. The Morgan fingerprint density at radius 3 is 2.35 bits per heavy atom. The van der Waals surface area contributed by atoms with Crippen molar-refractivity contribution in [1.29, 1.82) is 0 Å². The van der Waals surface area contributed by atoms with E-state index in [-0.39, 0.29) is 5.56 Å². The van der Waals surface area contributed by atoms with E-state index in [1.165, 1.54) is 0 Å². The van der Waals surface area contributed by atoms with Crippen molar-refractivity contribution >= 4 is 10.8 Å². The largest absolute Gasteiger partial charge is 0.407 e. The quantitative estimate of drug-likeness (QED) is 0.874. The highest BCUT2D eigenvalue weighted by Gasteiger charge is 2.38. The van der Waals surface area contributed by atoms with Crippen LogP contribution in [0.25, 0.3) is 10.8 Å². The van der Waals surface area contributed by atoms with E-state index in [2.05, 4.69) is 0 Å². The number of hydrogen-bond donors (Lipinski definition) is 1. The van der Waals surface area contributed by atoms with Crippen LogP contribution < -0.4 is 5.73 Å². The first-order valence-electron chi connectivity index (χ1n) is 6.63. The lowest BCUT2D eigenvalue weighted by atomic mass is 9.93. The molecule has 0 bridgehead atoms. The number of nitrogens with two attached hydrogens (primary N) is 1.